The van der Waals surface area contributed by atoms with Crippen LogP contribution in [0.25, 0.3) is 10.8 Å². The van der Waals surface area contributed by atoms with Gasteiger partial charge in [-0.15, -0.1) is 0 Å². The van der Waals surface area contributed by atoms with Gasteiger partial charge in [0, 0.05) is 10.9 Å². The molecular weight excluding hydrogens is 248 g/mol. The second-order valence-electron chi connectivity index (χ2n) is 5.48. The van der Waals surface area contributed by atoms with E-state index in [1.807, 2.05) is 37.2 Å². The highest BCUT2D eigenvalue weighted by molar-refractivity contribution is 5.90. The number of hydrogen-bond acceptors (Lipinski definition) is 3. The Balaban J connectivity index is 2.33. The van der Waals surface area contributed by atoms with Crippen LogP contribution in [0, 0.1) is 11.3 Å². The van der Waals surface area contributed by atoms with Crippen LogP contribution in [-0.4, -0.2) is 25.6 Å². The molecule has 3 nitrogen and oxygen atoms in total. The molecule has 0 saturated heterocycles. The SMILES string of the molecule is CN(C)C1(C#N)CCCOc2c1ccc1ccccc21. The summed E-state index contributed by atoms with van der Waals surface area (Å²) in [5, 5.41) is 12.1. The standard InChI is InChI=1S/C17H18N2O/c1-19(2)17(12-18)10-5-11-20-16-14-7-4-3-6-13(14)8-9-15(16)17/h3-4,6-9H,5,10-11H2,1-2H3. The van der Waals surface area contributed by atoms with Crippen LogP contribution in [0.2, 0.25) is 0 Å². The number of nitrogens with zero attached hydrogens (tertiary/aromatic N) is 2. The number of ether oxygens (including phenoxy) is 1. The quantitative estimate of drug-likeness (QED) is 0.794. The van der Waals surface area contributed by atoms with Crippen molar-refractivity contribution in [3.05, 3.63) is 42.0 Å². The van der Waals surface area contributed by atoms with Gasteiger partial charge in [0.15, 0.2) is 0 Å². The summed E-state index contributed by atoms with van der Waals surface area (Å²) in [6, 6.07) is 14.8. The van der Waals surface area contributed by atoms with E-state index in [9.17, 15) is 5.26 Å². The Bertz CT molecular complexity index is 687. The van der Waals surface area contributed by atoms with Gasteiger partial charge in [0.1, 0.15) is 11.3 Å². The third-order valence-corrected chi connectivity index (χ3v) is 4.20. The van der Waals surface area contributed by atoms with Gasteiger partial charge in [0.2, 0.25) is 0 Å². The van der Waals surface area contributed by atoms with E-state index in [1.165, 1.54) is 0 Å². The Morgan fingerprint density at radius 2 is 2.00 bits per heavy atom. The number of hydrogen-bond donors (Lipinski definition) is 0. The van der Waals surface area contributed by atoms with Gasteiger partial charge in [-0.05, 0) is 32.3 Å². The summed E-state index contributed by atoms with van der Waals surface area (Å²) >= 11 is 0. The third kappa shape index (κ3) is 1.76. The molecule has 20 heavy (non-hydrogen) atoms. The zero-order chi connectivity index (χ0) is 14.2. The van der Waals surface area contributed by atoms with Gasteiger partial charge >= 0.3 is 0 Å². The van der Waals surface area contributed by atoms with Gasteiger partial charge in [0.05, 0.1) is 12.7 Å². The molecule has 0 saturated carbocycles. The van der Waals surface area contributed by atoms with Crippen molar-refractivity contribution in [3.8, 4) is 11.8 Å². The van der Waals surface area contributed by atoms with E-state index in [0.29, 0.717) is 6.61 Å². The first-order valence-electron chi connectivity index (χ1n) is 6.93. The van der Waals surface area contributed by atoms with Crippen LogP contribution in [-0.2, 0) is 5.54 Å². The van der Waals surface area contributed by atoms with Gasteiger partial charge in [-0.1, -0.05) is 36.4 Å². The maximum absolute atomic E-state index is 9.81. The Labute approximate surface area is 119 Å². The summed E-state index contributed by atoms with van der Waals surface area (Å²) < 4.78 is 5.99. The second kappa shape index (κ2) is 4.81. The zero-order valence-corrected chi connectivity index (χ0v) is 11.9. The topological polar surface area (TPSA) is 36.3 Å². The van der Waals surface area contributed by atoms with E-state index < -0.39 is 5.54 Å². The first-order valence-corrected chi connectivity index (χ1v) is 6.93. The van der Waals surface area contributed by atoms with Crippen molar-refractivity contribution in [1.82, 2.24) is 4.90 Å². The smallest absolute Gasteiger partial charge is 0.137 e. The molecule has 1 heterocycles. The third-order valence-electron chi connectivity index (χ3n) is 4.20. The van der Waals surface area contributed by atoms with Crippen molar-refractivity contribution < 1.29 is 4.74 Å². The number of nitriles is 1. The largest absolute Gasteiger partial charge is 0.493 e. The van der Waals surface area contributed by atoms with E-state index >= 15 is 0 Å². The Hall–Kier alpha value is -2.05. The predicted octanol–water partition coefficient (Wildman–Crippen LogP) is 3.29. The molecule has 2 aromatic rings. The molecule has 1 aliphatic rings. The van der Waals surface area contributed by atoms with Crippen molar-refractivity contribution in [2.24, 2.45) is 0 Å². The number of rotatable bonds is 1. The maximum Gasteiger partial charge on any atom is 0.137 e. The van der Waals surface area contributed by atoms with Crippen molar-refractivity contribution >= 4 is 10.8 Å². The monoisotopic (exact) mass is 266 g/mol. The molecule has 1 atom stereocenters. The molecule has 3 heteroatoms. The summed E-state index contributed by atoms with van der Waals surface area (Å²) in [6.45, 7) is 0.665. The van der Waals surface area contributed by atoms with E-state index in [0.717, 1.165) is 34.9 Å². The molecule has 102 valence electrons. The Kier molecular flexibility index (Phi) is 3.11. The molecule has 1 unspecified atom stereocenters. The van der Waals surface area contributed by atoms with Crippen molar-refractivity contribution in [2.75, 3.05) is 20.7 Å². The van der Waals surface area contributed by atoms with Gasteiger partial charge < -0.3 is 4.74 Å². The second-order valence-corrected chi connectivity index (χ2v) is 5.48. The van der Waals surface area contributed by atoms with Crippen LogP contribution in [0.1, 0.15) is 18.4 Å². The van der Waals surface area contributed by atoms with E-state index in [1.54, 1.807) is 0 Å². The van der Waals surface area contributed by atoms with Gasteiger partial charge in [-0.2, -0.15) is 5.26 Å². The van der Waals surface area contributed by atoms with Crippen LogP contribution >= 0.6 is 0 Å². The lowest BCUT2D eigenvalue weighted by Crippen LogP contribution is -2.39. The fourth-order valence-corrected chi connectivity index (χ4v) is 3.04. The predicted molar refractivity (Wildman–Crippen MR) is 79.7 cm³/mol. The summed E-state index contributed by atoms with van der Waals surface area (Å²) in [4.78, 5) is 2.01. The average Bonchev–Trinajstić information content (AvgIpc) is 2.67. The molecule has 0 bridgehead atoms. The fraction of sp³-hybridized carbons (Fsp3) is 0.353. The van der Waals surface area contributed by atoms with Gasteiger partial charge in [0.25, 0.3) is 0 Å². The molecule has 0 spiro atoms. The van der Waals surface area contributed by atoms with E-state index in [4.69, 9.17) is 4.74 Å². The van der Waals surface area contributed by atoms with Gasteiger partial charge in [-0.25, -0.2) is 0 Å². The summed E-state index contributed by atoms with van der Waals surface area (Å²) in [5.41, 5.74) is 0.386. The average molecular weight is 266 g/mol. The summed E-state index contributed by atoms with van der Waals surface area (Å²) in [7, 11) is 3.93. The molecule has 2 aromatic carbocycles. The molecule has 0 N–H and O–H groups in total. The number of benzene rings is 2. The molecule has 0 aromatic heterocycles. The van der Waals surface area contributed by atoms with Crippen molar-refractivity contribution in [2.45, 2.75) is 18.4 Å². The van der Waals surface area contributed by atoms with E-state index in [2.05, 4.69) is 24.3 Å². The van der Waals surface area contributed by atoms with Crippen molar-refractivity contribution in [1.29, 1.82) is 5.26 Å². The van der Waals surface area contributed by atoms with Crippen LogP contribution in [0.15, 0.2) is 36.4 Å². The normalized spacial score (nSPS) is 21.9. The lowest BCUT2D eigenvalue weighted by Gasteiger charge is -2.33. The maximum atomic E-state index is 9.81. The molecule has 3 rings (SSSR count). The van der Waals surface area contributed by atoms with Crippen molar-refractivity contribution in [3.63, 3.8) is 0 Å². The minimum absolute atomic E-state index is 0.601. The Morgan fingerprint density at radius 3 is 2.75 bits per heavy atom. The highest BCUT2D eigenvalue weighted by atomic mass is 16.5. The van der Waals surface area contributed by atoms with Gasteiger partial charge in [-0.3, -0.25) is 4.90 Å². The molecule has 0 amide bonds. The molecule has 0 fully saturated rings. The highest BCUT2D eigenvalue weighted by Gasteiger charge is 2.39. The Morgan fingerprint density at radius 1 is 1.20 bits per heavy atom. The molecular formula is C17H18N2O. The summed E-state index contributed by atoms with van der Waals surface area (Å²) in [5.74, 6) is 0.871. The highest BCUT2D eigenvalue weighted by Crippen LogP contribution is 2.43. The first-order chi connectivity index (χ1) is 9.69. The van der Waals surface area contributed by atoms with E-state index in [-0.39, 0.29) is 0 Å². The number of fused-ring (bicyclic) bond motifs is 3. The van der Waals surface area contributed by atoms with Crippen LogP contribution < -0.4 is 4.74 Å². The lowest BCUT2D eigenvalue weighted by atomic mass is 9.84. The lowest BCUT2D eigenvalue weighted by molar-refractivity contribution is 0.202. The molecule has 1 aliphatic heterocycles. The minimum atomic E-state index is -0.601. The van der Waals surface area contributed by atoms with Crippen LogP contribution in [0.5, 0.6) is 5.75 Å². The molecule has 0 radical (unpaired) electrons. The van der Waals surface area contributed by atoms with Crippen LogP contribution in [0.4, 0.5) is 0 Å². The minimum Gasteiger partial charge on any atom is -0.493 e. The van der Waals surface area contributed by atoms with Crippen LogP contribution in [0.3, 0.4) is 0 Å². The first kappa shape index (κ1) is 13.0. The zero-order valence-electron chi connectivity index (χ0n) is 11.9. The fourth-order valence-electron chi connectivity index (χ4n) is 3.04. The summed E-state index contributed by atoms with van der Waals surface area (Å²) in [6.07, 6.45) is 1.68. The molecule has 0 aliphatic carbocycles.